The van der Waals surface area contributed by atoms with Gasteiger partial charge in [0.1, 0.15) is 29.4 Å². The van der Waals surface area contributed by atoms with Gasteiger partial charge < -0.3 is 20.1 Å². The van der Waals surface area contributed by atoms with E-state index in [1.54, 1.807) is 18.3 Å². The Balaban J connectivity index is 1.27. The van der Waals surface area contributed by atoms with Gasteiger partial charge in [-0.1, -0.05) is 18.1 Å². The van der Waals surface area contributed by atoms with Crippen LogP contribution in [0.25, 0.3) is 32.9 Å². The lowest BCUT2D eigenvalue weighted by atomic mass is 9.95. The summed E-state index contributed by atoms with van der Waals surface area (Å²) in [5, 5.41) is 16.0. The second-order valence-corrected chi connectivity index (χ2v) is 11.8. The molecule has 0 saturated carbocycles. The Hall–Kier alpha value is -4.00. The van der Waals surface area contributed by atoms with Crippen LogP contribution < -0.4 is 15.0 Å². The number of fused-ring (bicyclic) bond motifs is 4. The number of terminal acetylenes is 1. The van der Waals surface area contributed by atoms with Crippen LogP contribution in [-0.2, 0) is 0 Å². The van der Waals surface area contributed by atoms with Gasteiger partial charge in [-0.25, -0.2) is 4.39 Å². The van der Waals surface area contributed by atoms with Crippen LogP contribution in [0.3, 0.4) is 0 Å². The zero-order chi connectivity index (χ0) is 27.7. The van der Waals surface area contributed by atoms with Crippen LogP contribution in [0.5, 0.6) is 11.8 Å². The molecule has 8 nitrogen and oxygen atoms in total. The summed E-state index contributed by atoms with van der Waals surface area (Å²) in [4.78, 5) is 18.8. The predicted molar refractivity (Wildman–Crippen MR) is 156 cm³/mol. The van der Waals surface area contributed by atoms with Gasteiger partial charge in [-0.05, 0) is 75.3 Å². The number of phenols is 1. The van der Waals surface area contributed by atoms with E-state index in [1.807, 2.05) is 12.1 Å². The maximum Gasteiger partial charge on any atom is 0.319 e. The number of ether oxygens (including phenoxy) is 1. The quantitative estimate of drug-likeness (QED) is 0.357. The van der Waals surface area contributed by atoms with E-state index in [-0.39, 0.29) is 28.5 Å². The molecule has 4 saturated heterocycles. The van der Waals surface area contributed by atoms with E-state index in [2.05, 4.69) is 31.0 Å². The summed E-state index contributed by atoms with van der Waals surface area (Å²) in [6, 6.07) is 9.50. The van der Waals surface area contributed by atoms with Crippen LogP contribution in [-0.4, -0.2) is 75.4 Å². The van der Waals surface area contributed by atoms with Gasteiger partial charge in [0, 0.05) is 41.3 Å². The largest absolute Gasteiger partial charge is 0.508 e. The highest BCUT2D eigenvalue weighted by atomic mass is 19.1. The van der Waals surface area contributed by atoms with Crippen molar-refractivity contribution in [3.05, 3.63) is 47.9 Å². The molecule has 0 bridgehead atoms. The van der Waals surface area contributed by atoms with Crippen LogP contribution in [0.2, 0.25) is 0 Å². The molecule has 8 rings (SSSR count). The van der Waals surface area contributed by atoms with Crippen molar-refractivity contribution in [2.75, 3.05) is 37.7 Å². The number of hydrogen-bond donors (Lipinski definition) is 2. The van der Waals surface area contributed by atoms with Gasteiger partial charge in [-0.15, -0.1) is 6.42 Å². The third-order valence-corrected chi connectivity index (χ3v) is 9.67. The van der Waals surface area contributed by atoms with Gasteiger partial charge in [0.15, 0.2) is 5.82 Å². The van der Waals surface area contributed by atoms with E-state index >= 15 is 4.39 Å². The van der Waals surface area contributed by atoms with E-state index in [0.717, 1.165) is 58.3 Å². The highest BCUT2D eigenvalue weighted by Gasteiger charge is 2.46. The van der Waals surface area contributed by atoms with Crippen molar-refractivity contribution in [1.29, 1.82) is 0 Å². The summed E-state index contributed by atoms with van der Waals surface area (Å²) in [6.07, 6.45) is 13.0. The number of rotatable bonds is 5. The van der Waals surface area contributed by atoms with Crippen molar-refractivity contribution in [3.63, 3.8) is 0 Å². The first-order valence-electron chi connectivity index (χ1n) is 14.5. The minimum atomic E-state index is -0.585. The highest BCUT2D eigenvalue weighted by Crippen LogP contribution is 2.42. The molecule has 2 aromatic carbocycles. The molecule has 0 amide bonds. The molecule has 4 aliphatic rings. The van der Waals surface area contributed by atoms with Crippen molar-refractivity contribution in [1.82, 2.24) is 25.2 Å². The monoisotopic (exact) mass is 550 g/mol. The Bertz CT molecular complexity index is 1740. The standard InChI is InChI=1S/C32H31FN6O2/c1-2-19-6-3-7-20-14-21(40)15-22(26(19)20)28-27(33)29-23(16-35-28)30(39-17-24-25(39)8-11-34-24)37-31(36-29)41-18-32-9-4-12-38(32)13-5-10-32/h1,3,6-7,14-16,24-25,34,40H,4-5,8-13,17-18H2. The minimum absolute atomic E-state index is 0.00709. The molecule has 9 heteroatoms. The molecular formula is C32H31FN6O2. The lowest BCUT2D eigenvalue weighted by Crippen LogP contribution is -2.61. The molecule has 41 heavy (non-hydrogen) atoms. The summed E-state index contributed by atoms with van der Waals surface area (Å²) >= 11 is 0. The number of halogens is 1. The Labute approximate surface area is 237 Å². The fourth-order valence-electron chi connectivity index (χ4n) is 7.64. The van der Waals surface area contributed by atoms with E-state index < -0.39 is 5.82 Å². The number of nitrogens with zero attached hydrogens (tertiary/aromatic N) is 5. The lowest BCUT2D eigenvalue weighted by molar-refractivity contribution is 0.107. The number of benzene rings is 2. The van der Waals surface area contributed by atoms with E-state index in [1.165, 1.54) is 6.07 Å². The van der Waals surface area contributed by atoms with Gasteiger partial charge in [-0.3, -0.25) is 9.88 Å². The Kier molecular flexibility index (Phi) is 5.60. The molecule has 0 spiro atoms. The average molecular weight is 551 g/mol. The minimum Gasteiger partial charge on any atom is -0.508 e. The first kappa shape index (κ1) is 24.8. The first-order valence-corrected chi connectivity index (χ1v) is 14.5. The summed E-state index contributed by atoms with van der Waals surface area (Å²) < 4.78 is 23.0. The highest BCUT2D eigenvalue weighted by molar-refractivity contribution is 6.02. The Morgan fingerprint density at radius 3 is 2.85 bits per heavy atom. The van der Waals surface area contributed by atoms with Gasteiger partial charge in [0.2, 0.25) is 0 Å². The second-order valence-electron chi connectivity index (χ2n) is 11.8. The molecule has 6 heterocycles. The number of aromatic hydroxyl groups is 1. The molecule has 4 aromatic rings. The van der Waals surface area contributed by atoms with Gasteiger partial charge >= 0.3 is 6.01 Å². The van der Waals surface area contributed by atoms with Gasteiger partial charge in [0.25, 0.3) is 0 Å². The van der Waals surface area contributed by atoms with Crippen LogP contribution >= 0.6 is 0 Å². The van der Waals surface area contributed by atoms with Crippen molar-refractivity contribution in [2.45, 2.75) is 49.7 Å². The second kappa shape index (κ2) is 9.26. The number of phenolic OH excluding ortho intramolecular Hbond substituents is 1. The van der Waals surface area contributed by atoms with Crippen LogP contribution in [0.4, 0.5) is 10.2 Å². The fourth-order valence-corrected chi connectivity index (χ4v) is 7.64. The van der Waals surface area contributed by atoms with E-state index in [4.69, 9.17) is 16.1 Å². The Morgan fingerprint density at radius 2 is 2.05 bits per heavy atom. The fraction of sp³-hybridized carbons (Fsp3) is 0.406. The maximum atomic E-state index is 16.6. The molecule has 2 atom stereocenters. The molecule has 4 aliphatic heterocycles. The number of hydrogen-bond acceptors (Lipinski definition) is 8. The third-order valence-electron chi connectivity index (χ3n) is 9.67. The number of aromatic nitrogens is 3. The first-order chi connectivity index (χ1) is 20.0. The van der Waals surface area contributed by atoms with Crippen molar-refractivity contribution >= 4 is 27.5 Å². The van der Waals surface area contributed by atoms with Gasteiger partial charge in [0.05, 0.1) is 10.9 Å². The SMILES string of the molecule is C#Cc1cccc2cc(O)cc(-c3ncc4c(N5CC6NCCC65)nc(OCC56CCCN5CCC6)nc4c3F)c12. The number of pyridine rings is 1. The number of anilines is 1. The molecule has 4 fully saturated rings. The zero-order valence-corrected chi connectivity index (χ0v) is 22.7. The number of nitrogens with one attached hydrogen (secondary N) is 1. The smallest absolute Gasteiger partial charge is 0.319 e. The molecule has 2 N–H and O–H groups in total. The van der Waals surface area contributed by atoms with Gasteiger partial charge in [-0.2, -0.15) is 9.97 Å². The molecule has 2 unspecified atom stereocenters. The van der Waals surface area contributed by atoms with Crippen molar-refractivity contribution in [2.24, 2.45) is 0 Å². The Morgan fingerprint density at radius 1 is 1.20 bits per heavy atom. The lowest BCUT2D eigenvalue weighted by Gasteiger charge is -2.45. The topological polar surface area (TPSA) is 86.6 Å². The average Bonchev–Trinajstić information content (AvgIpc) is 3.66. The summed E-state index contributed by atoms with van der Waals surface area (Å²) in [7, 11) is 0. The normalized spacial score (nSPS) is 23.0. The molecular weight excluding hydrogens is 519 g/mol. The maximum absolute atomic E-state index is 16.6. The predicted octanol–water partition coefficient (Wildman–Crippen LogP) is 4.23. The third kappa shape index (κ3) is 3.77. The van der Waals surface area contributed by atoms with E-state index in [9.17, 15) is 5.11 Å². The van der Waals surface area contributed by atoms with Crippen molar-refractivity contribution < 1.29 is 14.2 Å². The zero-order valence-electron chi connectivity index (χ0n) is 22.7. The van der Waals surface area contributed by atoms with Crippen LogP contribution in [0.1, 0.15) is 37.7 Å². The van der Waals surface area contributed by atoms with Crippen LogP contribution in [0, 0.1) is 18.2 Å². The molecule has 0 radical (unpaired) electrons. The summed E-state index contributed by atoms with van der Waals surface area (Å²) in [5.74, 6) is 2.77. The summed E-state index contributed by atoms with van der Waals surface area (Å²) in [6.45, 7) is 4.43. The molecule has 2 aromatic heterocycles. The summed E-state index contributed by atoms with van der Waals surface area (Å²) in [5.41, 5.74) is 1.28. The molecule has 208 valence electrons. The van der Waals surface area contributed by atoms with Crippen LogP contribution in [0.15, 0.2) is 36.5 Å². The van der Waals surface area contributed by atoms with Crippen molar-refractivity contribution in [3.8, 4) is 35.4 Å². The van der Waals surface area contributed by atoms with E-state index in [0.29, 0.717) is 51.8 Å². The molecule has 0 aliphatic carbocycles.